The molecule has 2 atom stereocenters. The van der Waals surface area contributed by atoms with Crippen LogP contribution in [0, 0.1) is 17.8 Å². The van der Waals surface area contributed by atoms with E-state index in [0.717, 1.165) is 17.5 Å². The summed E-state index contributed by atoms with van der Waals surface area (Å²) in [5.74, 6) is 2.34. The zero-order valence-electron chi connectivity index (χ0n) is 18.8. The lowest BCUT2D eigenvalue weighted by Crippen LogP contribution is -2.34. The number of ether oxygens (including phenoxy) is 1. The SMILES string of the molecule is CN1Cc2cccc(c2)CN(C(=O)C2C3CCCCC32)CCCOc2ccccc2C1=O. The van der Waals surface area contributed by atoms with Crippen LogP contribution >= 0.6 is 0 Å². The molecular formula is C27H32N2O3. The number of para-hydroxylation sites is 1. The van der Waals surface area contributed by atoms with Crippen LogP contribution in [0.15, 0.2) is 48.5 Å². The lowest BCUT2D eigenvalue weighted by molar-refractivity contribution is -0.134. The van der Waals surface area contributed by atoms with Crippen LogP contribution in [-0.2, 0) is 17.9 Å². The lowest BCUT2D eigenvalue weighted by Gasteiger charge is -2.25. The molecule has 0 N–H and O–H groups in total. The molecule has 0 aromatic heterocycles. The Balaban J connectivity index is 1.40. The van der Waals surface area contributed by atoms with Gasteiger partial charge in [-0.2, -0.15) is 0 Å². The number of carbonyl (C=O) groups is 2. The van der Waals surface area contributed by atoms with E-state index in [9.17, 15) is 9.59 Å². The number of hydrogen-bond acceptors (Lipinski definition) is 3. The van der Waals surface area contributed by atoms with E-state index >= 15 is 0 Å². The minimum absolute atomic E-state index is 0.0452. The zero-order chi connectivity index (χ0) is 22.1. The Morgan fingerprint density at radius 2 is 1.66 bits per heavy atom. The second-order valence-electron chi connectivity index (χ2n) is 9.58. The highest BCUT2D eigenvalue weighted by atomic mass is 16.5. The minimum Gasteiger partial charge on any atom is -0.493 e. The van der Waals surface area contributed by atoms with Gasteiger partial charge in [-0.05, 0) is 54.4 Å². The van der Waals surface area contributed by atoms with E-state index < -0.39 is 0 Å². The second kappa shape index (κ2) is 8.97. The van der Waals surface area contributed by atoms with Gasteiger partial charge in [0, 0.05) is 32.6 Å². The molecule has 1 heterocycles. The number of amides is 2. The van der Waals surface area contributed by atoms with Crippen LogP contribution in [0.3, 0.4) is 0 Å². The molecule has 0 radical (unpaired) electrons. The number of fused-ring (bicyclic) bond motifs is 4. The molecule has 32 heavy (non-hydrogen) atoms. The van der Waals surface area contributed by atoms with Crippen molar-refractivity contribution in [1.82, 2.24) is 9.80 Å². The van der Waals surface area contributed by atoms with Gasteiger partial charge in [0.15, 0.2) is 0 Å². The molecule has 2 fully saturated rings. The van der Waals surface area contributed by atoms with Crippen LogP contribution < -0.4 is 4.74 Å². The lowest BCUT2D eigenvalue weighted by atomic mass is 10.0. The Hall–Kier alpha value is -2.82. The highest BCUT2D eigenvalue weighted by Crippen LogP contribution is 2.56. The molecule has 5 nitrogen and oxygen atoms in total. The Morgan fingerprint density at radius 1 is 0.938 bits per heavy atom. The molecule has 2 aromatic rings. The fourth-order valence-electron chi connectivity index (χ4n) is 5.64. The van der Waals surface area contributed by atoms with Crippen LogP contribution in [0.1, 0.15) is 53.6 Å². The van der Waals surface area contributed by atoms with Crippen LogP contribution in [0.25, 0.3) is 0 Å². The third-order valence-corrected chi connectivity index (χ3v) is 7.33. The van der Waals surface area contributed by atoms with Gasteiger partial charge in [0.1, 0.15) is 5.75 Å². The summed E-state index contributed by atoms with van der Waals surface area (Å²) in [5.41, 5.74) is 2.78. The molecule has 2 unspecified atom stereocenters. The van der Waals surface area contributed by atoms with Gasteiger partial charge in [-0.25, -0.2) is 0 Å². The molecule has 1 aliphatic heterocycles. The average molecular weight is 433 g/mol. The predicted octanol–water partition coefficient (Wildman–Crippen LogP) is 4.51. The van der Waals surface area contributed by atoms with Gasteiger partial charge in [0.2, 0.25) is 5.91 Å². The summed E-state index contributed by atoms with van der Waals surface area (Å²) < 4.78 is 6.02. The molecule has 0 saturated heterocycles. The first-order valence-electron chi connectivity index (χ1n) is 12.0. The molecule has 2 aliphatic carbocycles. The maximum atomic E-state index is 13.5. The Morgan fingerprint density at radius 3 is 2.44 bits per heavy atom. The first-order valence-corrected chi connectivity index (χ1v) is 12.0. The van der Waals surface area contributed by atoms with Gasteiger partial charge >= 0.3 is 0 Å². The third-order valence-electron chi connectivity index (χ3n) is 7.33. The molecule has 2 bridgehead atoms. The molecule has 2 amide bonds. The largest absolute Gasteiger partial charge is 0.493 e. The number of benzene rings is 2. The fourth-order valence-corrected chi connectivity index (χ4v) is 5.64. The highest BCUT2D eigenvalue weighted by molar-refractivity contribution is 5.96. The number of carbonyl (C=O) groups excluding carboxylic acids is 2. The molecule has 168 valence electrons. The van der Waals surface area contributed by atoms with Gasteiger partial charge in [0.25, 0.3) is 5.91 Å². The van der Waals surface area contributed by atoms with E-state index in [1.807, 2.05) is 43.4 Å². The maximum Gasteiger partial charge on any atom is 0.257 e. The molecule has 5 heteroatoms. The number of hydrogen-bond donors (Lipinski definition) is 0. The van der Waals surface area contributed by atoms with Crippen molar-refractivity contribution in [3.8, 4) is 5.75 Å². The van der Waals surface area contributed by atoms with E-state index in [-0.39, 0.29) is 11.8 Å². The fraction of sp³-hybridized carbons (Fsp3) is 0.481. The predicted molar refractivity (Wildman–Crippen MR) is 123 cm³/mol. The topological polar surface area (TPSA) is 49.9 Å². The van der Waals surface area contributed by atoms with Crippen molar-refractivity contribution in [1.29, 1.82) is 0 Å². The first-order chi connectivity index (χ1) is 15.6. The van der Waals surface area contributed by atoms with E-state index in [1.54, 1.807) is 4.90 Å². The summed E-state index contributed by atoms with van der Waals surface area (Å²) in [7, 11) is 1.82. The van der Waals surface area contributed by atoms with Gasteiger partial charge in [0.05, 0.1) is 12.2 Å². The van der Waals surface area contributed by atoms with Gasteiger partial charge in [-0.3, -0.25) is 9.59 Å². The highest BCUT2D eigenvalue weighted by Gasteiger charge is 2.55. The van der Waals surface area contributed by atoms with Crippen LogP contribution in [-0.4, -0.2) is 41.8 Å². The van der Waals surface area contributed by atoms with Crippen LogP contribution in [0.5, 0.6) is 5.75 Å². The van der Waals surface area contributed by atoms with E-state index in [1.165, 1.54) is 25.7 Å². The van der Waals surface area contributed by atoms with E-state index in [4.69, 9.17) is 4.74 Å². The van der Waals surface area contributed by atoms with E-state index in [2.05, 4.69) is 17.0 Å². The minimum atomic E-state index is -0.0452. The Kier molecular flexibility index (Phi) is 5.90. The summed E-state index contributed by atoms with van der Waals surface area (Å²) in [6.45, 7) is 2.29. The zero-order valence-corrected chi connectivity index (χ0v) is 18.8. The summed E-state index contributed by atoms with van der Waals surface area (Å²) in [6, 6.07) is 15.7. The number of nitrogens with zero attached hydrogens (tertiary/aromatic N) is 2. The van der Waals surface area contributed by atoms with Crippen molar-refractivity contribution in [3.05, 3.63) is 65.2 Å². The van der Waals surface area contributed by atoms with Gasteiger partial charge < -0.3 is 14.5 Å². The molecule has 2 saturated carbocycles. The van der Waals surface area contributed by atoms with Crippen molar-refractivity contribution in [2.75, 3.05) is 20.2 Å². The molecular weight excluding hydrogens is 400 g/mol. The van der Waals surface area contributed by atoms with Crippen LogP contribution in [0.4, 0.5) is 0 Å². The monoisotopic (exact) mass is 432 g/mol. The summed E-state index contributed by atoms with van der Waals surface area (Å²) in [4.78, 5) is 30.3. The molecule has 3 aliphatic rings. The maximum absolute atomic E-state index is 13.5. The second-order valence-corrected chi connectivity index (χ2v) is 9.58. The van der Waals surface area contributed by atoms with Gasteiger partial charge in [-0.1, -0.05) is 49.2 Å². The van der Waals surface area contributed by atoms with Crippen molar-refractivity contribution in [2.45, 2.75) is 45.2 Å². The standard InChI is InChI=1S/C27H32N2O3/c1-28-17-19-8-6-9-20(16-19)18-29(27(31)25-21-10-2-3-11-22(21)25)14-7-15-32-24-13-5-4-12-23(24)26(28)30/h4-6,8-9,12-13,16,21-22,25H,2-3,7,10-11,14-15,17-18H2,1H3. The molecule has 2 aromatic carbocycles. The number of rotatable bonds is 1. The van der Waals surface area contributed by atoms with Crippen molar-refractivity contribution in [3.63, 3.8) is 0 Å². The quantitative estimate of drug-likeness (QED) is 0.666. The summed E-state index contributed by atoms with van der Waals surface area (Å²) in [6.07, 6.45) is 5.71. The van der Waals surface area contributed by atoms with Crippen LogP contribution in [0.2, 0.25) is 0 Å². The van der Waals surface area contributed by atoms with E-state index in [0.29, 0.717) is 55.3 Å². The average Bonchev–Trinajstić information content (AvgIpc) is 3.54. The van der Waals surface area contributed by atoms with Crippen molar-refractivity contribution in [2.24, 2.45) is 17.8 Å². The molecule has 5 rings (SSSR count). The van der Waals surface area contributed by atoms with Crippen molar-refractivity contribution >= 4 is 11.8 Å². The van der Waals surface area contributed by atoms with Crippen molar-refractivity contribution < 1.29 is 14.3 Å². The van der Waals surface area contributed by atoms with Gasteiger partial charge in [-0.15, -0.1) is 0 Å². The normalized spacial score (nSPS) is 25.8. The Labute approximate surface area is 190 Å². The molecule has 0 spiro atoms. The smallest absolute Gasteiger partial charge is 0.257 e. The summed E-state index contributed by atoms with van der Waals surface area (Å²) >= 11 is 0. The first kappa shape index (κ1) is 21.0. The Bertz CT molecular complexity index is 992. The third kappa shape index (κ3) is 4.25. The summed E-state index contributed by atoms with van der Waals surface area (Å²) in [5, 5.41) is 0.